The first-order valence-electron chi connectivity index (χ1n) is 8.66. The van der Waals surface area contributed by atoms with E-state index in [2.05, 4.69) is 25.8 Å². The zero-order valence-electron chi connectivity index (χ0n) is 15.8. The van der Waals surface area contributed by atoms with Gasteiger partial charge in [0.1, 0.15) is 5.57 Å². The first-order chi connectivity index (χ1) is 13.3. The number of carbonyl (C=O) groups excluding carboxylic acids is 3. The quantitative estimate of drug-likeness (QED) is 0.565. The van der Waals surface area contributed by atoms with Crippen LogP contribution >= 0.6 is 15.9 Å². The number of hydrogen-bond acceptors (Lipinski definition) is 4. The molecule has 7 nitrogen and oxygen atoms in total. The minimum Gasteiger partial charge on any atom is -0.383 e. The van der Waals surface area contributed by atoms with Gasteiger partial charge < -0.3 is 9.30 Å². The van der Waals surface area contributed by atoms with Gasteiger partial charge in [-0.1, -0.05) is 15.9 Å². The number of nitrogens with zero attached hydrogens (tertiary/aromatic N) is 2. The van der Waals surface area contributed by atoms with Crippen LogP contribution in [-0.2, 0) is 20.9 Å². The van der Waals surface area contributed by atoms with Gasteiger partial charge in [-0.2, -0.15) is 0 Å². The van der Waals surface area contributed by atoms with Gasteiger partial charge in [0, 0.05) is 29.5 Å². The van der Waals surface area contributed by atoms with E-state index in [0.717, 1.165) is 26.3 Å². The number of halogens is 1. The van der Waals surface area contributed by atoms with Gasteiger partial charge in [0.05, 0.1) is 12.3 Å². The van der Waals surface area contributed by atoms with E-state index in [-0.39, 0.29) is 5.57 Å². The Morgan fingerprint density at radius 2 is 1.82 bits per heavy atom. The molecule has 1 saturated heterocycles. The SMILES string of the molecule is COCCn1c(C)cc(/C=C2\C(=O)NC(=O)N(c3ccc(Br)cc3)C2=O)c1C. The summed E-state index contributed by atoms with van der Waals surface area (Å²) in [6, 6.07) is 7.84. The van der Waals surface area contributed by atoms with E-state index in [4.69, 9.17) is 4.74 Å². The van der Waals surface area contributed by atoms with Crippen LogP contribution in [0.1, 0.15) is 17.0 Å². The van der Waals surface area contributed by atoms with Gasteiger partial charge in [-0.25, -0.2) is 9.69 Å². The summed E-state index contributed by atoms with van der Waals surface area (Å²) < 4.78 is 8.00. The van der Waals surface area contributed by atoms with Crippen molar-refractivity contribution in [2.75, 3.05) is 18.6 Å². The maximum Gasteiger partial charge on any atom is 0.335 e. The Labute approximate surface area is 171 Å². The molecule has 1 aromatic heterocycles. The molecule has 8 heteroatoms. The molecule has 146 valence electrons. The molecule has 2 heterocycles. The Morgan fingerprint density at radius 1 is 1.14 bits per heavy atom. The first kappa shape index (κ1) is 20.0. The van der Waals surface area contributed by atoms with E-state index in [9.17, 15) is 14.4 Å². The highest BCUT2D eigenvalue weighted by molar-refractivity contribution is 9.10. The van der Waals surface area contributed by atoms with Crippen molar-refractivity contribution in [2.24, 2.45) is 0 Å². The number of hydrogen-bond donors (Lipinski definition) is 1. The first-order valence-corrected chi connectivity index (χ1v) is 9.45. The Balaban J connectivity index is 1.99. The van der Waals surface area contributed by atoms with Gasteiger partial charge in [0.2, 0.25) is 0 Å². The van der Waals surface area contributed by atoms with E-state index >= 15 is 0 Å². The molecule has 0 atom stereocenters. The molecule has 1 aromatic carbocycles. The number of amides is 4. The molecule has 0 aliphatic carbocycles. The van der Waals surface area contributed by atoms with Crippen LogP contribution < -0.4 is 10.2 Å². The summed E-state index contributed by atoms with van der Waals surface area (Å²) in [6.07, 6.45) is 1.53. The zero-order valence-corrected chi connectivity index (χ0v) is 17.4. The summed E-state index contributed by atoms with van der Waals surface area (Å²) in [5, 5.41) is 2.24. The minimum absolute atomic E-state index is 0.0884. The summed E-state index contributed by atoms with van der Waals surface area (Å²) in [5.41, 5.74) is 2.95. The van der Waals surface area contributed by atoms with E-state index in [1.54, 1.807) is 31.4 Å². The molecule has 1 aliphatic heterocycles. The Hall–Kier alpha value is -2.71. The van der Waals surface area contributed by atoms with Crippen molar-refractivity contribution in [3.63, 3.8) is 0 Å². The van der Waals surface area contributed by atoms with Crippen molar-refractivity contribution in [1.29, 1.82) is 0 Å². The standard InChI is InChI=1S/C20H20BrN3O4/c1-12-10-14(13(2)23(12)8-9-28-3)11-17-18(25)22-20(27)24(19(17)26)16-6-4-15(21)5-7-16/h4-7,10-11H,8-9H2,1-3H3,(H,22,25,27)/b17-11+. The number of barbiturate groups is 1. The number of ether oxygens (including phenoxy) is 1. The van der Waals surface area contributed by atoms with Gasteiger partial charge in [-0.3, -0.25) is 14.9 Å². The monoisotopic (exact) mass is 445 g/mol. The lowest BCUT2D eigenvalue weighted by atomic mass is 10.1. The molecule has 2 aromatic rings. The highest BCUT2D eigenvalue weighted by Crippen LogP contribution is 2.25. The van der Waals surface area contributed by atoms with E-state index in [0.29, 0.717) is 18.8 Å². The number of urea groups is 1. The summed E-state index contributed by atoms with van der Waals surface area (Å²) in [6.45, 7) is 5.08. The van der Waals surface area contributed by atoms with Crippen molar-refractivity contribution in [2.45, 2.75) is 20.4 Å². The van der Waals surface area contributed by atoms with Gasteiger partial charge in [0.25, 0.3) is 11.8 Å². The maximum absolute atomic E-state index is 12.9. The molecule has 0 saturated carbocycles. The summed E-state index contributed by atoms with van der Waals surface area (Å²) in [7, 11) is 1.63. The fourth-order valence-corrected chi connectivity index (χ4v) is 3.40. The number of anilines is 1. The average Bonchev–Trinajstić information content (AvgIpc) is 2.91. The lowest BCUT2D eigenvalue weighted by Crippen LogP contribution is -2.54. The smallest absolute Gasteiger partial charge is 0.335 e. The number of imide groups is 2. The third kappa shape index (κ3) is 3.79. The van der Waals surface area contributed by atoms with Crippen LogP contribution in [-0.4, -0.2) is 36.1 Å². The van der Waals surface area contributed by atoms with Crippen molar-refractivity contribution < 1.29 is 19.1 Å². The summed E-state index contributed by atoms with van der Waals surface area (Å²) >= 11 is 3.32. The van der Waals surface area contributed by atoms with Crippen LogP contribution in [0.3, 0.4) is 0 Å². The number of methoxy groups -OCH3 is 1. The van der Waals surface area contributed by atoms with Crippen molar-refractivity contribution in [3.8, 4) is 0 Å². The Kier molecular flexibility index (Phi) is 5.81. The molecule has 0 unspecified atom stereocenters. The van der Waals surface area contributed by atoms with Gasteiger partial charge in [-0.15, -0.1) is 0 Å². The van der Waals surface area contributed by atoms with Gasteiger partial charge >= 0.3 is 6.03 Å². The van der Waals surface area contributed by atoms with E-state index in [1.807, 2.05) is 19.9 Å². The normalized spacial score (nSPS) is 16.1. The predicted molar refractivity (Wildman–Crippen MR) is 109 cm³/mol. The maximum atomic E-state index is 12.9. The fraction of sp³-hybridized carbons (Fsp3) is 0.250. The van der Waals surface area contributed by atoms with E-state index in [1.165, 1.54) is 6.08 Å². The molecule has 28 heavy (non-hydrogen) atoms. The molecule has 3 rings (SSSR count). The molecule has 0 radical (unpaired) electrons. The Bertz CT molecular complexity index is 976. The number of nitrogens with one attached hydrogen (secondary N) is 1. The third-order valence-electron chi connectivity index (χ3n) is 4.62. The van der Waals surface area contributed by atoms with Crippen LogP contribution in [0.15, 0.2) is 40.4 Å². The van der Waals surface area contributed by atoms with Gasteiger partial charge in [0.15, 0.2) is 0 Å². The molecule has 4 amide bonds. The van der Waals surface area contributed by atoms with Crippen LogP contribution in [0.4, 0.5) is 10.5 Å². The van der Waals surface area contributed by atoms with Crippen LogP contribution in [0.25, 0.3) is 6.08 Å². The van der Waals surface area contributed by atoms with Crippen molar-refractivity contribution >= 4 is 45.5 Å². The second-order valence-corrected chi connectivity index (χ2v) is 7.32. The van der Waals surface area contributed by atoms with Crippen LogP contribution in [0.5, 0.6) is 0 Å². The van der Waals surface area contributed by atoms with E-state index < -0.39 is 17.8 Å². The molecule has 1 aliphatic rings. The highest BCUT2D eigenvalue weighted by Gasteiger charge is 2.37. The number of carbonyl (C=O) groups is 3. The topological polar surface area (TPSA) is 80.6 Å². The molecule has 0 bridgehead atoms. The molecule has 1 fully saturated rings. The average molecular weight is 446 g/mol. The second kappa shape index (κ2) is 8.12. The number of aromatic nitrogens is 1. The van der Waals surface area contributed by atoms with Crippen molar-refractivity contribution in [3.05, 3.63) is 57.3 Å². The second-order valence-electron chi connectivity index (χ2n) is 6.41. The largest absolute Gasteiger partial charge is 0.383 e. The highest BCUT2D eigenvalue weighted by atomic mass is 79.9. The zero-order chi connectivity index (χ0) is 20.4. The minimum atomic E-state index is -0.764. The summed E-state index contributed by atoms with van der Waals surface area (Å²) in [4.78, 5) is 38.5. The van der Waals surface area contributed by atoms with Gasteiger partial charge in [-0.05, 0) is 55.8 Å². The molecule has 0 spiro atoms. The lowest BCUT2D eigenvalue weighted by molar-refractivity contribution is -0.122. The number of benzene rings is 1. The van der Waals surface area contributed by atoms with Crippen LogP contribution in [0.2, 0.25) is 0 Å². The third-order valence-corrected chi connectivity index (χ3v) is 5.15. The summed E-state index contributed by atoms with van der Waals surface area (Å²) in [5.74, 6) is -1.36. The predicted octanol–water partition coefficient (Wildman–Crippen LogP) is 3.18. The number of aryl methyl sites for hydroxylation is 1. The van der Waals surface area contributed by atoms with Crippen molar-refractivity contribution in [1.82, 2.24) is 9.88 Å². The van der Waals surface area contributed by atoms with Crippen LogP contribution in [0, 0.1) is 13.8 Å². The fourth-order valence-electron chi connectivity index (χ4n) is 3.14. The molecular weight excluding hydrogens is 426 g/mol. The molecular formula is C20H20BrN3O4. The number of rotatable bonds is 5. The Morgan fingerprint density at radius 3 is 2.46 bits per heavy atom. The lowest BCUT2D eigenvalue weighted by Gasteiger charge is -2.26. The molecule has 1 N–H and O–H groups in total.